The molecule has 2 aromatic rings. The van der Waals surface area contributed by atoms with E-state index in [1.54, 1.807) is 0 Å². The van der Waals surface area contributed by atoms with E-state index in [1.165, 1.54) is 36.4 Å². The van der Waals surface area contributed by atoms with Crippen LogP contribution in [0.2, 0.25) is 0 Å². The van der Waals surface area contributed by atoms with Crippen molar-refractivity contribution in [3.05, 3.63) is 59.4 Å². The number of carbonyl (C=O) groups is 2. The fourth-order valence-corrected chi connectivity index (χ4v) is 3.08. The van der Waals surface area contributed by atoms with Crippen LogP contribution >= 0.6 is 11.8 Å². The first-order chi connectivity index (χ1) is 11.7. The van der Waals surface area contributed by atoms with Gasteiger partial charge in [-0.3, -0.25) is 9.59 Å². The molecule has 1 amide bonds. The van der Waals surface area contributed by atoms with Crippen LogP contribution in [0.4, 0.5) is 10.1 Å². The van der Waals surface area contributed by atoms with Crippen molar-refractivity contribution in [2.45, 2.75) is 38.0 Å². The van der Waals surface area contributed by atoms with Crippen molar-refractivity contribution >= 4 is 29.1 Å². The number of rotatable bonds is 5. The normalized spacial score (nSPS) is 11.2. The van der Waals surface area contributed by atoms with Gasteiger partial charge in [0.1, 0.15) is 5.82 Å². The van der Waals surface area contributed by atoms with E-state index in [4.69, 9.17) is 0 Å². The number of amides is 1. The van der Waals surface area contributed by atoms with Gasteiger partial charge in [-0.2, -0.15) is 0 Å². The molecule has 0 spiro atoms. The fourth-order valence-electron chi connectivity index (χ4n) is 2.30. The lowest BCUT2D eigenvalue weighted by atomic mass is 9.87. The van der Waals surface area contributed by atoms with Gasteiger partial charge in [0.2, 0.25) is 5.91 Å². The Bertz CT molecular complexity index is 779. The van der Waals surface area contributed by atoms with E-state index in [1.807, 2.05) is 12.1 Å². The second kappa shape index (κ2) is 7.83. The average molecular weight is 359 g/mol. The first-order valence-corrected chi connectivity index (χ1v) is 8.99. The summed E-state index contributed by atoms with van der Waals surface area (Å²) in [7, 11) is 0. The minimum atomic E-state index is -0.625. The highest BCUT2D eigenvalue weighted by Gasteiger charge is 2.15. The summed E-state index contributed by atoms with van der Waals surface area (Å²) < 4.78 is 14.1. The molecular weight excluding hydrogens is 337 g/mol. The molecule has 3 nitrogen and oxygen atoms in total. The Balaban J connectivity index is 2.01. The summed E-state index contributed by atoms with van der Waals surface area (Å²) in [5.41, 5.74) is 1.68. The Morgan fingerprint density at radius 1 is 1.08 bits per heavy atom. The summed E-state index contributed by atoms with van der Waals surface area (Å²) in [5.74, 6) is -1.03. The van der Waals surface area contributed by atoms with E-state index in [0.29, 0.717) is 5.69 Å². The zero-order chi connectivity index (χ0) is 18.6. The molecule has 0 fully saturated rings. The molecule has 1 N–H and O–H groups in total. The van der Waals surface area contributed by atoms with Crippen molar-refractivity contribution in [2.75, 3.05) is 11.1 Å². The number of hydrogen-bond acceptors (Lipinski definition) is 3. The van der Waals surface area contributed by atoms with Gasteiger partial charge in [0.25, 0.3) is 0 Å². The first-order valence-electron chi connectivity index (χ1n) is 8.00. The minimum absolute atomic E-state index is 0.0351. The summed E-state index contributed by atoms with van der Waals surface area (Å²) in [5, 5.41) is 2.49. The molecule has 0 bridgehead atoms. The molecule has 0 aliphatic heterocycles. The van der Waals surface area contributed by atoms with Gasteiger partial charge in [0, 0.05) is 17.5 Å². The Hall–Kier alpha value is -2.14. The number of benzene rings is 2. The summed E-state index contributed by atoms with van der Waals surface area (Å²) in [6.45, 7) is 7.78. The van der Waals surface area contributed by atoms with E-state index in [0.717, 1.165) is 11.0 Å². The lowest BCUT2D eigenvalue weighted by Gasteiger charge is -2.19. The smallest absolute Gasteiger partial charge is 0.221 e. The Morgan fingerprint density at radius 2 is 1.72 bits per heavy atom. The summed E-state index contributed by atoms with van der Waals surface area (Å²) in [6.07, 6.45) is 0. The largest absolute Gasteiger partial charge is 0.326 e. The van der Waals surface area contributed by atoms with Crippen LogP contribution in [-0.4, -0.2) is 17.4 Å². The van der Waals surface area contributed by atoms with E-state index >= 15 is 0 Å². The van der Waals surface area contributed by atoms with Crippen LogP contribution in [0.5, 0.6) is 0 Å². The van der Waals surface area contributed by atoms with Crippen molar-refractivity contribution in [1.82, 2.24) is 0 Å². The van der Waals surface area contributed by atoms with Crippen molar-refractivity contribution < 1.29 is 14.0 Å². The van der Waals surface area contributed by atoms with E-state index in [2.05, 4.69) is 38.2 Å². The summed E-state index contributed by atoms with van der Waals surface area (Å²) >= 11 is 1.38. The van der Waals surface area contributed by atoms with Crippen LogP contribution in [-0.2, 0) is 10.2 Å². The third kappa shape index (κ3) is 5.43. The Labute approximate surface area is 152 Å². The van der Waals surface area contributed by atoms with Gasteiger partial charge in [0.15, 0.2) is 5.78 Å². The highest BCUT2D eigenvalue weighted by Crippen LogP contribution is 2.26. The lowest BCUT2D eigenvalue weighted by Crippen LogP contribution is -2.10. The monoisotopic (exact) mass is 359 g/mol. The van der Waals surface area contributed by atoms with Gasteiger partial charge in [0.05, 0.1) is 11.3 Å². The molecule has 0 unspecified atom stereocenters. The van der Waals surface area contributed by atoms with E-state index in [9.17, 15) is 14.0 Å². The van der Waals surface area contributed by atoms with Crippen molar-refractivity contribution in [1.29, 1.82) is 0 Å². The number of ketones is 1. The molecule has 132 valence electrons. The molecule has 0 aliphatic carbocycles. The van der Waals surface area contributed by atoms with Gasteiger partial charge in [-0.25, -0.2) is 4.39 Å². The third-order valence-corrected chi connectivity index (χ3v) is 4.69. The Morgan fingerprint density at radius 3 is 2.24 bits per heavy atom. The highest BCUT2D eigenvalue weighted by atomic mass is 32.2. The summed E-state index contributed by atoms with van der Waals surface area (Å²) in [6, 6.07) is 12.2. The third-order valence-electron chi connectivity index (χ3n) is 3.68. The quantitative estimate of drug-likeness (QED) is 0.600. The lowest BCUT2D eigenvalue weighted by molar-refractivity contribution is -0.114. The predicted molar refractivity (Wildman–Crippen MR) is 101 cm³/mol. The number of halogens is 1. The van der Waals surface area contributed by atoms with Gasteiger partial charge in [-0.15, -0.1) is 11.8 Å². The molecule has 0 atom stereocenters. The van der Waals surface area contributed by atoms with Crippen molar-refractivity contribution in [2.24, 2.45) is 0 Å². The van der Waals surface area contributed by atoms with Crippen LogP contribution in [0.25, 0.3) is 0 Å². The number of Topliss-reactive ketones (excluding diaryl/α,β-unsaturated/α-hetero) is 1. The zero-order valence-electron chi connectivity index (χ0n) is 14.9. The van der Waals surface area contributed by atoms with Crippen LogP contribution in [0, 0.1) is 5.82 Å². The van der Waals surface area contributed by atoms with Gasteiger partial charge >= 0.3 is 0 Å². The van der Waals surface area contributed by atoms with E-state index < -0.39 is 5.82 Å². The molecule has 0 aromatic heterocycles. The molecule has 0 saturated carbocycles. The molecule has 0 heterocycles. The predicted octanol–water partition coefficient (Wildman–Crippen LogP) is 5.06. The second-order valence-electron chi connectivity index (χ2n) is 6.86. The molecule has 2 aromatic carbocycles. The number of carbonyl (C=O) groups excluding carboxylic acids is 2. The van der Waals surface area contributed by atoms with Gasteiger partial charge in [-0.1, -0.05) is 32.9 Å². The molecule has 25 heavy (non-hydrogen) atoms. The fraction of sp³-hybridized carbons (Fsp3) is 0.300. The van der Waals surface area contributed by atoms with Crippen molar-refractivity contribution in [3.63, 3.8) is 0 Å². The SMILES string of the molecule is CC(=O)Nc1ccc(C(=O)CSc2ccc(C(C)(C)C)cc2)c(F)c1. The maximum atomic E-state index is 14.1. The van der Waals surface area contributed by atoms with Crippen molar-refractivity contribution in [3.8, 4) is 0 Å². The van der Waals surface area contributed by atoms with Gasteiger partial charge in [-0.05, 0) is 41.3 Å². The Kier molecular flexibility index (Phi) is 6.01. The highest BCUT2D eigenvalue weighted by molar-refractivity contribution is 8.00. The van der Waals surface area contributed by atoms with E-state index in [-0.39, 0.29) is 28.4 Å². The molecule has 0 aliphatic rings. The maximum Gasteiger partial charge on any atom is 0.221 e. The number of thioether (sulfide) groups is 1. The topological polar surface area (TPSA) is 46.2 Å². The zero-order valence-corrected chi connectivity index (χ0v) is 15.7. The molecule has 0 saturated heterocycles. The molecular formula is C20H22FNO2S. The van der Waals surface area contributed by atoms with Gasteiger partial charge < -0.3 is 5.32 Å². The molecule has 5 heteroatoms. The molecule has 2 rings (SSSR count). The number of hydrogen-bond donors (Lipinski definition) is 1. The van der Waals surface area contributed by atoms with Crippen LogP contribution in [0.15, 0.2) is 47.4 Å². The second-order valence-corrected chi connectivity index (χ2v) is 7.91. The van der Waals surface area contributed by atoms with Crippen LogP contribution < -0.4 is 5.32 Å². The summed E-state index contributed by atoms with van der Waals surface area (Å²) in [4.78, 5) is 24.2. The number of anilines is 1. The average Bonchev–Trinajstić information content (AvgIpc) is 2.51. The first kappa shape index (κ1) is 19.2. The van der Waals surface area contributed by atoms with Crippen LogP contribution in [0.3, 0.4) is 0 Å². The number of nitrogens with one attached hydrogen (secondary N) is 1. The van der Waals surface area contributed by atoms with Crippen LogP contribution in [0.1, 0.15) is 43.6 Å². The minimum Gasteiger partial charge on any atom is -0.326 e. The standard InChI is InChI=1S/C20H22FNO2S/c1-13(23)22-15-7-10-17(18(21)11-15)19(24)12-25-16-8-5-14(6-9-16)20(2,3)4/h5-11H,12H2,1-4H3,(H,22,23). The molecule has 0 radical (unpaired) electrons. The maximum absolute atomic E-state index is 14.1.